The van der Waals surface area contributed by atoms with Gasteiger partial charge in [-0.2, -0.15) is 0 Å². The van der Waals surface area contributed by atoms with Gasteiger partial charge in [-0.15, -0.1) is 11.3 Å². The number of nitrogens with zero attached hydrogens (tertiary/aromatic N) is 3. The van der Waals surface area contributed by atoms with E-state index in [4.69, 9.17) is 4.74 Å². The zero-order chi connectivity index (χ0) is 14.2. The van der Waals surface area contributed by atoms with E-state index >= 15 is 0 Å². The molecule has 0 atom stereocenters. The number of anilines is 1. The molecule has 1 aliphatic rings. The van der Waals surface area contributed by atoms with Crippen molar-refractivity contribution in [3.05, 3.63) is 47.1 Å². The second kappa shape index (κ2) is 5.00. The van der Waals surface area contributed by atoms with E-state index in [-0.39, 0.29) is 0 Å². The van der Waals surface area contributed by atoms with E-state index in [1.807, 2.05) is 6.07 Å². The molecule has 2 aromatic heterocycles. The molecule has 4 nitrogen and oxygen atoms in total. The first-order valence-electron chi connectivity index (χ1n) is 6.95. The van der Waals surface area contributed by atoms with Crippen LogP contribution in [0.25, 0.3) is 10.2 Å². The first kappa shape index (κ1) is 12.6. The number of hydrogen-bond acceptors (Lipinski definition) is 5. The van der Waals surface area contributed by atoms with Gasteiger partial charge in [-0.25, -0.2) is 9.97 Å². The summed E-state index contributed by atoms with van der Waals surface area (Å²) in [5.41, 5.74) is 2.65. The van der Waals surface area contributed by atoms with Crippen molar-refractivity contribution in [3.63, 3.8) is 0 Å². The second-order valence-electron chi connectivity index (χ2n) is 5.11. The van der Waals surface area contributed by atoms with Crippen molar-refractivity contribution >= 4 is 27.4 Å². The predicted octanol–water partition coefficient (Wildman–Crippen LogP) is 3.26. The van der Waals surface area contributed by atoms with E-state index in [2.05, 4.69) is 38.4 Å². The third-order valence-corrected chi connectivity index (χ3v) is 4.80. The summed E-state index contributed by atoms with van der Waals surface area (Å²) >= 11 is 1.66. The fourth-order valence-corrected chi connectivity index (χ4v) is 3.70. The average molecular weight is 297 g/mol. The van der Waals surface area contributed by atoms with Crippen LogP contribution in [0.3, 0.4) is 0 Å². The Hall–Kier alpha value is -2.14. The Morgan fingerprint density at radius 1 is 1.24 bits per heavy atom. The van der Waals surface area contributed by atoms with Gasteiger partial charge in [-0.3, -0.25) is 0 Å². The monoisotopic (exact) mass is 297 g/mol. The minimum atomic E-state index is 0.870. The lowest BCUT2D eigenvalue weighted by Gasteiger charge is -2.30. The fraction of sp³-hybridized carbons (Fsp3) is 0.250. The summed E-state index contributed by atoms with van der Waals surface area (Å²) in [6, 6.07) is 8.38. The van der Waals surface area contributed by atoms with Crippen LogP contribution in [-0.2, 0) is 13.0 Å². The van der Waals surface area contributed by atoms with Crippen molar-refractivity contribution in [2.75, 3.05) is 18.6 Å². The van der Waals surface area contributed by atoms with Crippen LogP contribution in [-0.4, -0.2) is 23.6 Å². The third kappa shape index (κ3) is 2.05. The van der Waals surface area contributed by atoms with Crippen LogP contribution in [0.1, 0.15) is 11.1 Å². The normalized spacial score (nSPS) is 14.2. The summed E-state index contributed by atoms with van der Waals surface area (Å²) < 4.78 is 5.47. The zero-order valence-electron chi connectivity index (χ0n) is 11.7. The highest BCUT2D eigenvalue weighted by Crippen LogP contribution is 2.33. The molecule has 106 valence electrons. The maximum atomic E-state index is 5.47. The number of fused-ring (bicyclic) bond motifs is 2. The smallest absolute Gasteiger partial charge is 0.141 e. The molecule has 0 saturated heterocycles. The highest BCUT2D eigenvalue weighted by molar-refractivity contribution is 7.16. The summed E-state index contributed by atoms with van der Waals surface area (Å²) in [7, 11) is 1.74. The molecule has 1 aliphatic heterocycles. The molecule has 0 aliphatic carbocycles. The number of benzene rings is 1. The lowest BCUT2D eigenvalue weighted by Crippen LogP contribution is -2.31. The van der Waals surface area contributed by atoms with E-state index in [1.54, 1.807) is 24.8 Å². The first-order valence-corrected chi connectivity index (χ1v) is 7.82. The van der Waals surface area contributed by atoms with E-state index in [1.165, 1.54) is 11.1 Å². The summed E-state index contributed by atoms with van der Waals surface area (Å²) in [5, 5.41) is 3.22. The number of methoxy groups -OCH3 is 1. The largest absolute Gasteiger partial charge is 0.496 e. The van der Waals surface area contributed by atoms with E-state index < -0.39 is 0 Å². The first-order chi connectivity index (χ1) is 10.4. The van der Waals surface area contributed by atoms with Crippen molar-refractivity contribution < 1.29 is 4.74 Å². The second-order valence-corrected chi connectivity index (χ2v) is 6.00. The molecule has 0 spiro atoms. The summed E-state index contributed by atoms with van der Waals surface area (Å²) in [5.74, 6) is 2.03. The van der Waals surface area contributed by atoms with E-state index in [0.717, 1.165) is 41.3 Å². The van der Waals surface area contributed by atoms with Crippen molar-refractivity contribution in [1.82, 2.24) is 9.97 Å². The van der Waals surface area contributed by atoms with Gasteiger partial charge in [-0.05, 0) is 29.5 Å². The van der Waals surface area contributed by atoms with Gasteiger partial charge < -0.3 is 9.64 Å². The molecule has 1 aromatic carbocycles. The van der Waals surface area contributed by atoms with Gasteiger partial charge in [0.1, 0.15) is 22.7 Å². The molecule has 3 aromatic rings. The maximum absolute atomic E-state index is 5.47. The number of hydrogen-bond donors (Lipinski definition) is 0. The number of rotatable bonds is 2. The number of thiophene rings is 1. The Morgan fingerprint density at radius 3 is 3.10 bits per heavy atom. The molecule has 4 rings (SSSR count). The Morgan fingerprint density at radius 2 is 2.19 bits per heavy atom. The maximum Gasteiger partial charge on any atom is 0.141 e. The topological polar surface area (TPSA) is 38.2 Å². The van der Waals surface area contributed by atoms with Gasteiger partial charge in [0.05, 0.1) is 12.5 Å². The van der Waals surface area contributed by atoms with Crippen LogP contribution in [0.15, 0.2) is 36.0 Å². The van der Waals surface area contributed by atoms with Crippen LogP contribution in [0, 0.1) is 0 Å². The Bertz CT molecular complexity index is 799. The highest BCUT2D eigenvalue weighted by atomic mass is 32.1. The van der Waals surface area contributed by atoms with Crippen LogP contribution < -0.4 is 9.64 Å². The van der Waals surface area contributed by atoms with Crippen LogP contribution in [0.2, 0.25) is 0 Å². The zero-order valence-corrected chi connectivity index (χ0v) is 12.6. The summed E-state index contributed by atoms with van der Waals surface area (Å²) in [4.78, 5) is 12.2. The minimum Gasteiger partial charge on any atom is -0.496 e. The lowest BCUT2D eigenvalue weighted by molar-refractivity contribution is 0.407. The fourth-order valence-electron chi connectivity index (χ4n) is 2.98. The average Bonchev–Trinajstić information content (AvgIpc) is 3.02. The number of aromatic nitrogens is 2. The van der Waals surface area contributed by atoms with Gasteiger partial charge in [0, 0.05) is 18.7 Å². The Kier molecular flexibility index (Phi) is 3.00. The Balaban J connectivity index is 1.74. The molecule has 0 N–H and O–H groups in total. The lowest BCUT2D eigenvalue weighted by atomic mass is 9.98. The molecule has 3 heterocycles. The molecule has 0 bridgehead atoms. The Labute approximate surface area is 127 Å². The van der Waals surface area contributed by atoms with Crippen molar-refractivity contribution in [1.29, 1.82) is 0 Å². The van der Waals surface area contributed by atoms with Gasteiger partial charge >= 0.3 is 0 Å². The molecule has 21 heavy (non-hydrogen) atoms. The quantitative estimate of drug-likeness (QED) is 0.727. The molecular weight excluding hydrogens is 282 g/mol. The van der Waals surface area contributed by atoms with Crippen molar-refractivity contribution in [2.24, 2.45) is 0 Å². The van der Waals surface area contributed by atoms with Gasteiger partial charge in [0.15, 0.2) is 0 Å². The summed E-state index contributed by atoms with van der Waals surface area (Å²) in [6.07, 6.45) is 2.64. The molecule has 0 fully saturated rings. The van der Waals surface area contributed by atoms with E-state index in [0.29, 0.717) is 0 Å². The standard InChI is InChI=1S/C16H15N3OS/c1-20-14-4-2-3-11-9-19(7-5-12(11)14)15-13-6-8-21-16(13)18-10-17-15/h2-4,6,8,10H,5,7,9H2,1H3. The molecular formula is C16H15N3OS. The highest BCUT2D eigenvalue weighted by Gasteiger charge is 2.21. The minimum absolute atomic E-state index is 0.870. The van der Waals surface area contributed by atoms with Crippen LogP contribution in [0.4, 0.5) is 5.82 Å². The van der Waals surface area contributed by atoms with E-state index in [9.17, 15) is 0 Å². The predicted molar refractivity (Wildman–Crippen MR) is 85.2 cm³/mol. The molecule has 0 radical (unpaired) electrons. The third-order valence-electron chi connectivity index (χ3n) is 3.98. The van der Waals surface area contributed by atoms with Gasteiger partial charge in [0.2, 0.25) is 0 Å². The number of ether oxygens (including phenoxy) is 1. The van der Waals surface area contributed by atoms with Crippen LogP contribution >= 0.6 is 11.3 Å². The molecule has 0 saturated carbocycles. The van der Waals surface area contributed by atoms with Crippen molar-refractivity contribution in [3.8, 4) is 5.75 Å². The molecule has 0 unspecified atom stereocenters. The van der Waals surface area contributed by atoms with Gasteiger partial charge in [-0.1, -0.05) is 12.1 Å². The van der Waals surface area contributed by atoms with Crippen molar-refractivity contribution in [2.45, 2.75) is 13.0 Å². The molecule has 0 amide bonds. The van der Waals surface area contributed by atoms with Gasteiger partial charge in [0.25, 0.3) is 0 Å². The SMILES string of the molecule is COc1cccc2c1CCN(c1ncnc3sccc13)C2. The molecule has 5 heteroatoms. The summed E-state index contributed by atoms with van der Waals surface area (Å²) in [6.45, 7) is 1.82. The van der Waals surface area contributed by atoms with Crippen LogP contribution in [0.5, 0.6) is 5.75 Å².